The van der Waals surface area contributed by atoms with E-state index in [1.165, 1.54) is 0 Å². The smallest absolute Gasteiger partial charge is 0.396 e. The molecule has 0 aromatic carbocycles. The van der Waals surface area contributed by atoms with E-state index in [1.807, 2.05) is 0 Å². The molecule has 0 saturated heterocycles. The van der Waals surface area contributed by atoms with Crippen molar-refractivity contribution in [3.05, 3.63) is 0 Å². The van der Waals surface area contributed by atoms with Crippen LogP contribution in [0.2, 0.25) is 0 Å². The Bertz CT molecular complexity index is 161. The maximum atomic E-state index is 12.4. The van der Waals surface area contributed by atoms with Gasteiger partial charge in [-0.05, 0) is 24.7 Å². The quantitative estimate of drug-likeness (QED) is 0.669. The predicted octanol–water partition coefficient (Wildman–Crippen LogP) is 2.05. The average Bonchev–Trinajstić information content (AvgIpc) is 2.67. The summed E-state index contributed by atoms with van der Waals surface area (Å²) in [5, 5.41) is 8.64. The molecule has 0 aromatic rings. The number of aliphatic hydroxyl groups excluding tert-OH is 1. The number of rotatable bonds is 3. The largest absolute Gasteiger partial charge is 0.419 e. The van der Waals surface area contributed by atoms with Crippen LogP contribution in [0.5, 0.6) is 0 Å². The molecule has 0 bridgehead atoms. The van der Waals surface area contributed by atoms with E-state index in [1.54, 1.807) is 0 Å². The lowest BCUT2D eigenvalue weighted by Gasteiger charge is -2.17. The van der Waals surface area contributed by atoms with Gasteiger partial charge in [-0.25, -0.2) is 4.39 Å². The molecule has 1 unspecified atom stereocenters. The number of hydrogen-bond donors (Lipinski definition) is 1. The maximum absolute atomic E-state index is 12.4. The monoisotopic (exact) mass is 186 g/mol. The summed E-state index contributed by atoms with van der Waals surface area (Å²) in [6.45, 7) is -0.344. The second-order valence-corrected chi connectivity index (χ2v) is 3.37. The Morgan fingerprint density at radius 1 is 1.33 bits per heavy atom. The Morgan fingerprint density at radius 3 is 2.08 bits per heavy atom. The van der Waals surface area contributed by atoms with Crippen LogP contribution in [0.4, 0.5) is 17.6 Å². The van der Waals surface area contributed by atoms with Gasteiger partial charge in [-0.1, -0.05) is 0 Å². The SMILES string of the molecule is OCC1(CC(F)C(F)(F)F)CC1. The van der Waals surface area contributed by atoms with Gasteiger partial charge in [0.15, 0.2) is 6.17 Å². The van der Waals surface area contributed by atoms with Gasteiger partial charge in [0.2, 0.25) is 0 Å². The highest BCUT2D eigenvalue weighted by Crippen LogP contribution is 2.51. The van der Waals surface area contributed by atoms with Gasteiger partial charge >= 0.3 is 6.18 Å². The summed E-state index contributed by atoms with van der Waals surface area (Å²) in [4.78, 5) is 0. The van der Waals surface area contributed by atoms with Crippen molar-refractivity contribution in [2.75, 3.05) is 6.61 Å². The minimum Gasteiger partial charge on any atom is -0.396 e. The number of hydrogen-bond acceptors (Lipinski definition) is 1. The Hall–Kier alpha value is -0.320. The van der Waals surface area contributed by atoms with Gasteiger partial charge in [0.25, 0.3) is 0 Å². The fourth-order valence-electron chi connectivity index (χ4n) is 1.10. The molecule has 0 aliphatic heterocycles. The molecule has 5 heteroatoms. The van der Waals surface area contributed by atoms with Crippen LogP contribution >= 0.6 is 0 Å². The van der Waals surface area contributed by atoms with Gasteiger partial charge in [0, 0.05) is 6.61 Å². The standard InChI is InChI=1S/C7H10F4O/c8-5(7(9,10)11)3-6(4-12)1-2-6/h5,12H,1-4H2. The zero-order valence-corrected chi connectivity index (χ0v) is 6.36. The zero-order chi connectivity index (χ0) is 9.41. The number of halogens is 4. The summed E-state index contributed by atoms with van der Waals surface area (Å²) in [6.07, 6.45) is -7.15. The summed E-state index contributed by atoms with van der Waals surface area (Å²) in [7, 11) is 0. The molecule has 12 heavy (non-hydrogen) atoms. The first-order valence-corrected chi connectivity index (χ1v) is 3.71. The van der Waals surface area contributed by atoms with Crippen molar-refractivity contribution < 1.29 is 22.7 Å². The first kappa shape index (κ1) is 9.77. The normalized spacial score (nSPS) is 23.8. The molecule has 1 saturated carbocycles. The molecule has 0 heterocycles. The van der Waals surface area contributed by atoms with Crippen molar-refractivity contribution in [3.8, 4) is 0 Å². The van der Waals surface area contributed by atoms with E-state index in [0.29, 0.717) is 12.8 Å². The van der Waals surface area contributed by atoms with Crippen LogP contribution in [0.3, 0.4) is 0 Å². The molecule has 0 amide bonds. The first-order chi connectivity index (χ1) is 5.40. The second-order valence-electron chi connectivity index (χ2n) is 3.37. The first-order valence-electron chi connectivity index (χ1n) is 3.71. The number of alkyl halides is 4. The molecule has 0 radical (unpaired) electrons. The van der Waals surface area contributed by atoms with E-state index in [0.717, 1.165) is 0 Å². The summed E-state index contributed by atoms with van der Waals surface area (Å²) in [5.41, 5.74) is -0.769. The molecule has 1 aliphatic rings. The summed E-state index contributed by atoms with van der Waals surface area (Å²) in [6, 6.07) is 0. The zero-order valence-electron chi connectivity index (χ0n) is 6.36. The van der Waals surface area contributed by atoms with E-state index in [-0.39, 0.29) is 6.61 Å². The summed E-state index contributed by atoms with van der Waals surface area (Å²) < 4.78 is 47.5. The van der Waals surface area contributed by atoms with E-state index < -0.39 is 24.2 Å². The van der Waals surface area contributed by atoms with Crippen molar-refractivity contribution in [1.82, 2.24) is 0 Å². The molecule has 0 aromatic heterocycles. The molecular formula is C7H10F4O. The molecule has 0 spiro atoms. The minimum atomic E-state index is -4.77. The molecule has 1 atom stereocenters. The highest BCUT2D eigenvalue weighted by atomic mass is 19.4. The fourth-order valence-corrected chi connectivity index (χ4v) is 1.10. The molecule has 1 fully saturated rings. The second kappa shape index (κ2) is 2.87. The van der Waals surface area contributed by atoms with Gasteiger partial charge in [-0.2, -0.15) is 13.2 Å². The highest BCUT2D eigenvalue weighted by Gasteiger charge is 2.50. The van der Waals surface area contributed by atoms with Crippen LogP contribution in [-0.4, -0.2) is 24.1 Å². The Balaban J connectivity index is 2.41. The van der Waals surface area contributed by atoms with E-state index >= 15 is 0 Å². The van der Waals surface area contributed by atoms with Crippen LogP contribution < -0.4 is 0 Å². The van der Waals surface area contributed by atoms with Crippen LogP contribution in [0.25, 0.3) is 0 Å². The lowest BCUT2D eigenvalue weighted by atomic mass is 10.0. The van der Waals surface area contributed by atoms with Crippen LogP contribution in [-0.2, 0) is 0 Å². The van der Waals surface area contributed by atoms with E-state index in [9.17, 15) is 17.6 Å². The Kier molecular flexibility index (Phi) is 2.33. The third kappa shape index (κ3) is 2.09. The average molecular weight is 186 g/mol. The van der Waals surface area contributed by atoms with Crippen LogP contribution in [0.15, 0.2) is 0 Å². The fraction of sp³-hybridized carbons (Fsp3) is 1.00. The predicted molar refractivity (Wildman–Crippen MR) is 34.3 cm³/mol. The lowest BCUT2D eigenvalue weighted by molar-refractivity contribution is -0.186. The molecule has 1 aliphatic carbocycles. The van der Waals surface area contributed by atoms with Gasteiger partial charge in [-0.15, -0.1) is 0 Å². The molecular weight excluding hydrogens is 176 g/mol. The summed E-state index contributed by atoms with van der Waals surface area (Å²) in [5.74, 6) is 0. The Morgan fingerprint density at radius 2 is 1.83 bits per heavy atom. The Labute approximate surface area is 67.4 Å². The molecule has 1 nitrogen and oxygen atoms in total. The third-order valence-electron chi connectivity index (χ3n) is 2.26. The number of aliphatic hydroxyl groups is 1. The van der Waals surface area contributed by atoms with Gasteiger partial charge in [0.1, 0.15) is 0 Å². The topological polar surface area (TPSA) is 20.2 Å². The van der Waals surface area contributed by atoms with Crippen molar-refractivity contribution in [3.63, 3.8) is 0 Å². The van der Waals surface area contributed by atoms with E-state index in [4.69, 9.17) is 5.11 Å². The van der Waals surface area contributed by atoms with Crippen molar-refractivity contribution in [1.29, 1.82) is 0 Å². The van der Waals surface area contributed by atoms with E-state index in [2.05, 4.69) is 0 Å². The third-order valence-corrected chi connectivity index (χ3v) is 2.26. The van der Waals surface area contributed by atoms with Crippen molar-refractivity contribution in [2.24, 2.45) is 5.41 Å². The van der Waals surface area contributed by atoms with Crippen molar-refractivity contribution >= 4 is 0 Å². The van der Waals surface area contributed by atoms with Gasteiger partial charge in [-0.3, -0.25) is 0 Å². The maximum Gasteiger partial charge on any atom is 0.419 e. The molecule has 72 valence electrons. The minimum absolute atomic E-state index is 0.344. The lowest BCUT2D eigenvalue weighted by Crippen LogP contribution is -2.28. The van der Waals surface area contributed by atoms with Crippen LogP contribution in [0, 0.1) is 5.41 Å². The van der Waals surface area contributed by atoms with Gasteiger partial charge in [0.05, 0.1) is 0 Å². The van der Waals surface area contributed by atoms with Gasteiger partial charge < -0.3 is 5.11 Å². The molecule has 1 N–H and O–H groups in total. The highest BCUT2D eigenvalue weighted by molar-refractivity contribution is 4.95. The van der Waals surface area contributed by atoms with Crippen LogP contribution in [0.1, 0.15) is 19.3 Å². The molecule has 1 rings (SSSR count). The van der Waals surface area contributed by atoms with Crippen molar-refractivity contribution in [2.45, 2.75) is 31.6 Å². The summed E-state index contributed by atoms with van der Waals surface area (Å²) >= 11 is 0.